The summed E-state index contributed by atoms with van der Waals surface area (Å²) in [6.07, 6.45) is 9.29. The number of nitrogens with two attached hydrogens (primary N) is 1. The molecule has 2 aliphatic rings. The third kappa shape index (κ3) is 2.40. The first kappa shape index (κ1) is 11.9. The van der Waals surface area contributed by atoms with Gasteiger partial charge in [0.05, 0.1) is 13.0 Å². The van der Waals surface area contributed by atoms with E-state index in [1.807, 2.05) is 0 Å². The van der Waals surface area contributed by atoms with Crippen LogP contribution in [-0.2, 0) is 9.53 Å². The SMILES string of the molecule is COC(=O)C1CCC2(CCC(N)CC2)CC1. The second kappa shape index (κ2) is 4.74. The second-order valence-electron chi connectivity index (χ2n) is 5.63. The first-order chi connectivity index (χ1) is 7.65. The lowest BCUT2D eigenvalue weighted by Gasteiger charge is -2.43. The zero-order valence-corrected chi connectivity index (χ0v) is 10.2. The fraction of sp³-hybridized carbons (Fsp3) is 0.923. The number of hydrogen-bond acceptors (Lipinski definition) is 3. The molecule has 0 radical (unpaired) electrons. The minimum atomic E-state index is -0.0117. The summed E-state index contributed by atoms with van der Waals surface area (Å²) in [5, 5.41) is 0. The number of rotatable bonds is 1. The molecule has 0 aromatic carbocycles. The van der Waals surface area contributed by atoms with Crippen molar-refractivity contribution < 1.29 is 9.53 Å². The molecule has 2 fully saturated rings. The highest BCUT2D eigenvalue weighted by molar-refractivity contribution is 5.72. The lowest BCUT2D eigenvalue weighted by molar-refractivity contribution is -0.147. The van der Waals surface area contributed by atoms with Gasteiger partial charge in [0.1, 0.15) is 0 Å². The highest BCUT2D eigenvalue weighted by Gasteiger charge is 2.39. The summed E-state index contributed by atoms with van der Waals surface area (Å²) in [5.74, 6) is 0.147. The number of carbonyl (C=O) groups excluding carboxylic acids is 1. The molecule has 0 aromatic heterocycles. The Bertz CT molecular complexity index is 247. The van der Waals surface area contributed by atoms with Crippen LogP contribution in [-0.4, -0.2) is 19.1 Å². The van der Waals surface area contributed by atoms with Crippen LogP contribution < -0.4 is 5.73 Å². The van der Waals surface area contributed by atoms with Gasteiger partial charge < -0.3 is 10.5 Å². The molecule has 2 N–H and O–H groups in total. The predicted octanol–water partition coefficient (Wildman–Crippen LogP) is 2.24. The fourth-order valence-corrected chi connectivity index (χ4v) is 3.39. The second-order valence-corrected chi connectivity index (χ2v) is 5.63. The molecule has 0 atom stereocenters. The van der Waals surface area contributed by atoms with Gasteiger partial charge in [-0.25, -0.2) is 0 Å². The molecule has 2 rings (SSSR count). The third-order valence-corrected chi connectivity index (χ3v) is 4.67. The zero-order chi connectivity index (χ0) is 11.6. The number of esters is 1. The summed E-state index contributed by atoms with van der Waals surface area (Å²) in [6.45, 7) is 0. The summed E-state index contributed by atoms with van der Waals surface area (Å²) in [6, 6.07) is 0.420. The molecular formula is C13H23NO2. The van der Waals surface area contributed by atoms with E-state index in [0.29, 0.717) is 11.5 Å². The molecule has 0 aliphatic heterocycles. The molecule has 3 heteroatoms. The average molecular weight is 225 g/mol. The quantitative estimate of drug-likeness (QED) is 0.696. The maximum atomic E-state index is 11.4. The maximum Gasteiger partial charge on any atom is 0.308 e. The molecule has 0 amide bonds. The standard InChI is InChI=1S/C13H23NO2/c1-16-12(15)10-2-6-13(7-3-10)8-4-11(14)5-9-13/h10-11H,2-9,14H2,1H3. The molecule has 2 aliphatic carbocycles. The summed E-state index contributed by atoms with van der Waals surface area (Å²) in [5.41, 5.74) is 6.46. The van der Waals surface area contributed by atoms with E-state index in [2.05, 4.69) is 0 Å². The van der Waals surface area contributed by atoms with Crippen molar-refractivity contribution >= 4 is 5.97 Å². The van der Waals surface area contributed by atoms with Gasteiger partial charge in [-0.3, -0.25) is 4.79 Å². The van der Waals surface area contributed by atoms with Gasteiger partial charge in [0.15, 0.2) is 0 Å². The van der Waals surface area contributed by atoms with E-state index < -0.39 is 0 Å². The van der Waals surface area contributed by atoms with Crippen LogP contribution in [0.25, 0.3) is 0 Å². The number of carbonyl (C=O) groups is 1. The first-order valence-corrected chi connectivity index (χ1v) is 6.49. The van der Waals surface area contributed by atoms with Crippen LogP contribution in [0.4, 0.5) is 0 Å². The molecule has 16 heavy (non-hydrogen) atoms. The van der Waals surface area contributed by atoms with Crippen LogP contribution in [0.15, 0.2) is 0 Å². The van der Waals surface area contributed by atoms with Crippen LogP contribution in [0.5, 0.6) is 0 Å². The molecule has 0 bridgehead atoms. The van der Waals surface area contributed by atoms with Gasteiger partial charge in [0.2, 0.25) is 0 Å². The minimum absolute atomic E-state index is 0.0117. The minimum Gasteiger partial charge on any atom is -0.469 e. The number of hydrogen-bond donors (Lipinski definition) is 1. The summed E-state index contributed by atoms with van der Waals surface area (Å²) >= 11 is 0. The Balaban J connectivity index is 1.87. The van der Waals surface area contributed by atoms with Crippen molar-refractivity contribution in [1.29, 1.82) is 0 Å². The Hall–Kier alpha value is -0.570. The molecule has 3 nitrogen and oxygen atoms in total. The van der Waals surface area contributed by atoms with Crippen molar-refractivity contribution in [3.8, 4) is 0 Å². The Labute approximate surface area is 97.7 Å². The van der Waals surface area contributed by atoms with Gasteiger partial charge >= 0.3 is 5.97 Å². The Morgan fingerprint density at radius 1 is 1.12 bits per heavy atom. The van der Waals surface area contributed by atoms with Crippen LogP contribution in [0.1, 0.15) is 51.4 Å². The van der Waals surface area contributed by atoms with Crippen LogP contribution >= 0.6 is 0 Å². The largest absolute Gasteiger partial charge is 0.469 e. The van der Waals surface area contributed by atoms with E-state index in [1.165, 1.54) is 45.6 Å². The lowest BCUT2D eigenvalue weighted by atomic mass is 9.62. The van der Waals surface area contributed by atoms with Crippen molar-refractivity contribution in [3.05, 3.63) is 0 Å². The van der Waals surface area contributed by atoms with Crippen molar-refractivity contribution in [3.63, 3.8) is 0 Å². The normalized spacial score (nSPS) is 39.6. The predicted molar refractivity (Wildman–Crippen MR) is 62.9 cm³/mol. The molecule has 0 unspecified atom stereocenters. The van der Waals surface area contributed by atoms with E-state index in [-0.39, 0.29) is 11.9 Å². The van der Waals surface area contributed by atoms with Crippen LogP contribution in [0, 0.1) is 11.3 Å². The average Bonchev–Trinajstić information content (AvgIpc) is 2.33. The molecule has 0 saturated heterocycles. The van der Waals surface area contributed by atoms with E-state index in [4.69, 9.17) is 10.5 Å². The topological polar surface area (TPSA) is 52.3 Å². The van der Waals surface area contributed by atoms with Gasteiger partial charge in [0.25, 0.3) is 0 Å². The maximum absolute atomic E-state index is 11.4. The van der Waals surface area contributed by atoms with Gasteiger partial charge in [-0.1, -0.05) is 0 Å². The van der Waals surface area contributed by atoms with Crippen LogP contribution in [0.2, 0.25) is 0 Å². The highest BCUT2D eigenvalue weighted by Crippen LogP contribution is 2.48. The van der Waals surface area contributed by atoms with E-state index in [9.17, 15) is 4.79 Å². The fourth-order valence-electron chi connectivity index (χ4n) is 3.39. The Morgan fingerprint density at radius 2 is 1.62 bits per heavy atom. The smallest absolute Gasteiger partial charge is 0.308 e. The monoisotopic (exact) mass is 225 g/mol. The summed E-state index contributed by atoms with van der Waals surface area (Å²) in [4.78, 5) is 11.4. The molecule has 0 heterocycles. The highest BCUT2D eigenvalue weighted by atomic mass is 16.5. The Morgan fingerprint density at radius 3 is 2.12 bits per heavy atom. The molecular weight excluding hydrogens is 202 g/mol. The third-order valence-electron chi connectivity index (χ3n) is 4.67. The molecule has 1 spiro atoms. The van der Waals surface area contributed by atoms with E-state index >= 15 is 0 Å². The van der Waals surface area contributed by atoms with Crippen LogP contribution in [0.3, 0.4) is 0 Å². The number of methoxy groups -OCH3 is 1. The van der Waals surface area contributed by atoms with Crippen molar-refractivity contribution in [2.24, 2.45) is 17.1 Å². The summed E-state index contributed by atoms with van der Waals surface area (Å²) < 4.78 is 4.82. The summed E-state index contributed by atoms with van der Waals surface area (Å²) in [7, 11) is 1.49. The number of ether oxygens (including phenoxy) is 1. The van der Waals surface area contributed by atoms with E-state index in [0.717, 1.165) is 12.8 Å². The lowest BCUT2D eigenvalue weighted by Crippen LogP contribution is -2.37. The van der Waals surface area contributed by atoms with E-state index in [1.54, 1.807) is 0 Å². The van der Waals surface area contributed by atoms with Gasteiger partial charge in [-0.2, -0.15) is 0 Å². The van der Waals surface area contributed by atoms with Gasteiger partial charge in [-0.05, 0) is 56.8 Å². The first-order valence-electron chi connectivity index (χ1n) is 6.49. The molecule has 0 aromatic rings. The zero-order valence-electron chi connectivity index (χ0n) is 10.2. The van der Waals surface area contributed by atoms with Gasteiger partial charge in [0, 0.05) is 6.04 Å². The van der Waals surface area contributed by atoms with Crippen molar-refractivity contribution in [1.82, 2.24) is 0 Å². The van der Waals surface area contributed by atoms with Gasteiger partial charge in [-0.15, -0.1) is 0 Å². The van der Waals surface area contributed by atoms with Crippen molar-refractivity contribution in [2.75, 3.05) is 7.11 Å². The molecule has 2 saturated carbocycles. The Kier molecular flexibility index (Phi) is 3.53. The molecule has 92 valence electrons. The van der Waals surface area contributed by atoms with Crippen molar-refractivity contribution in [2.45, 2.75) is 57.4 Å².